The van der Waals surface area contributed by atoms with E-state index >= 15 is 0 Å². The number of hydrogen-bond donors (Lipinski definition) is 2. The first-order valence-electron chi connectivity index (χ1n) is 17.1. The third kappa shape index (κ3) is 7.47. The second-order valence-corrected chi connectivity index (χ2v) is 12.8. The predicted molar refractivity (Wildman–Crippen MR) is 196 cm³/mol. The van der Waals surface area contributed by atoms with Crippen molar-refractivity contribution in [3.8, 4) is 5.75 Å². The van der Waals surface area contributed by atoms with Crippen LogP contribution in [0.5, 0.6) is 5.75 Å². The van der Waals surface area contributed by atoms with Crippen LogP contribution >= 0.6 is 0 Å². The molecule has 0 saturated carbocycles. The van der Waals surface area contributed by atoms with Crippen LogP contribution in [0.3, 0.4) is 0 Å². The number of anilines is 2. The number of hydrogen-bond acceptors (Lipinski definition) is 7. The highest BCUT2D eigenvalue weighted by molar-refractivity contribution is 6.09. The molecule has 0 radical (unpaired) electrons. The van der Waals surface area contributed by atoms with Gasteiger partial charge in [-0.15, -0.1) is 0 Å². The second-order valence-electron chi connectivity index (χ2n) is 12.8. The molecule has 0 fully saturated rings. The van der Waals surface area contributed by atoms with E-state index in [0.29, 0.717) is 42.1 Å². The second kappa shape index (κ2) is 15.5. The van der Waals surface area contributed by atoms with Gasteiger partial charge in [-0.25, -0.2) is 5.01 Å². The number of methoxy groups -OCH3 is 1. The SMILES string of the molecule is COc1ccc2c(c1)[C@@](O)([C@H](C)/C=C/CC(=O)N(CCO)Cc1ccccc1)C(=O)N2Cc1ccc(N2N=C(c3ccccc3)CCC2=O)cc1. The van der Waals surface area contributed by atoms with Crippen molar-refractivity contribution in [1.82, 2.24) is 4.90 Å². The Bertz CT molecular complexity index is 1930. The Balaban J connectivity index is 1.19. The van der Waals surface area contributed by atoms with E-state index in [1.54, 1.807) is 47.1 Å². The Morgan fingerprint density at radius 1 is 0.961 bits per heavy atom. The number of ether oxygens (including phenoxy) is 1. The van der Waals surface area contributed by atoms with Gasteiger partial charge in [-0.05, 0) is 47.0 Å². The lowest BCUT2D eigenvalue weighted by Crippen LogP contribution is -2.44. The molecule has 262 valence electrons. The number of nitrogens with zero attached hydrogens (tertiary/aromatic N) is 4. The Labute approximate surface area is 297 Å². The van der Waals surface area contributed by atoms with Gasteiger partial charge in [0, 0.05) is 43.8 Å². The molecule has 0 spiro atoms. The minimum absolute atomic E-state index is 0.0406. The third-order valence-electron chi connectivity index (χ3n) is 9.45. The lowest BCUT2D eigenvalue weighted by atomic mass is 9.83. The summed E-state index contributed by atoms with van der Waals surface area (Å²) in [5.74, 6) is -0.960. The molecule has 2 aliphatic heterocycles. The van der Waals surface area contributed by atoms with Crippen LogP contribution in [0.25, 0.3) is 0 Å². The number of fused-ring (bicyclic) bond motifs is 1. The summed E-state index contributed by atoms with van der Waals surface area (Å²) < 4.78 is 5.45. The van der Waals surface area contributed by atoms with Crippen molar-refractivity contribution in [2.24, 2.45) is 11.0 Å². The smallest absolute Gasteiger partial charge is 0.264 e. The highest BCUT2D eigenvalue weighted by Crippen LogP contribution is 2.47. The first kappa shape index (κ1) is 35.3. The van der Waals surface area contributed by atoms with Gasteiger partial charge in [0.15, 0.2) is 5.60 Å². The number of carbonyl (C=O) groups is 3. The highest BCUT2D eigenvalue weighted by atomic mass is 16.5. The average Bonchev–Trinajstić information content (AvgIpc) is 3.37. The van der Waals surface area contributed by atoms with E-state index in [4.69, 9.17) is 4.74 Å². The van der Waals surface area contributed by atoms with Crippen LogP contribution in [0.4, 0.5) is 11.4 Å². The lowest BCUT2D eigenvalue weighted by Gasteiger charge is -2.28. The molecule has 0 aliphatic carbocycles. The zero-order chi connectivity index (χ0) is 36.0. The van der Waals surface area contributed by atoms with Crippen molar-refractivity contribution in [2.75, 3.05) is 30.2 Å². The number of rotatable bonds is 13. The Morgan fingerprint density at radius 2 is 1.67 bits per heavy atom. The van der Waals surface area contributed by atoms with Crippen molar-refractivity contribution in [3.05, 3.63) is 138 Å². The van der Waals surface area contributed by atoms with Gasteiger partial charge in [0.1, 0.15) is 5.75 Å². The van der Waals surface area contributed by atoms with E-state index in [-0.39, 0.29) is 37.9 Å². The predicted octanol–water partition coefficient (Wildman–Crippen LogP) is 5.56. The van der Waals surface area contributed by atoms with Gasteiger partial charge < -0.3 is 24.7 Å². The van der Waals surface area contributed by atoms with Gasteiger partial charge in [-0.1, -0.05) is 91.9 Å². The maximum Gasteiger partial charge on any atom is 0.264 e. The lowest BCUT2D eigenvalue weighted by molar-refractivity contribution is -0.139. The molecular formula is C41H42N4O6. The number of hydrazone groups is 1. The van der Waals surface area contributed by atoms with Gasteiger partial charge in [0.25, 0.3) is 5.91 Å². The summed E-state index contributed by atoms with van der Waals surface area (Å²) in [6.07, 6.45) is 4.33. The molecule has 0 unspecified atom stereocenters. The minimum Gasteiger partial charge on any atom is -0.497 e. The molecular weight excluding hydrogens is 644 g/mol. The summed E-state index contributed by atoms with van der Waals surface area (Å²) in [7, 11) is 1.53. The summed E-state index contributed by atoms with van der Waals surface area (Å²) >= 11 is 0. The van der Waals surface area contributed by atoms with Gasteiger partial charge in [0.05, 0.1) is 37.3 Å². The van der Waals surface area contributed by atoms with E-state index in [1.165, 1.54) is 12.1 Å². The molecule has 10 heteroatoms. The number of amides is 3. The van der Waals surface area contributed by atoms with Crippen LogP contribution in [-0.2, 0) is 33.1 Å². The molecule has 2 heterocycles. The molecule has 4 aromatic carbocycles. The normalized spacial score (nSPS) is 17.8. The summed E-state index contributed by atoms with van der Waals surface area (Å²) in [4.78, 5) is 43.3. The molecule has 0 bridgehead atoms. The molecule has 6 rings (SSSR count). The van der Waals surface area contributed by atoms with E-state index < -0.39 is 17.4 Å². The summed E-state index contributed by atoms with van der Waals surface area (Å²) in [5.41, 5.74) is 3.25. The van der Waals surface area contributed by atoms with E-state index in [1.807, 2.05) is 84.9 Å². The first-order valence-corrected chi connectivity index (χ1v) is 17.1. The van der Waals surface area contributed by atoms with Crippen molar-refractivity contribution in [3.63, 3.8) is 0 Å². The quantitative estimate of drug-likeness (QED) is 0.178. The molecule has 2 aliphatic rings. The largest absolute Gasteiger partial charge is 0.497 e. The minimum atomic E-state index is -1.92. The topological polar surface area (TPSA) is 123 Å². The fraction of sp³-hybridized carbons (Fsp3) is 0.268. The van der Waals surface area contributed by atoms with Crippen molar-refractivity contribution in [1.29, 1.82) is 0 Å². The van der Waals surface area contributed by atoms with Crippen molar-refractivity contribution < 1.29 is 29.3 Å². The van der Waals surface area contributed by atoms with Gasteiger partial charge in [0.2, 0.25) is 11.8 Å². The van der Waals surface area contributed by atoms with Gasteiger partial charge in [-0.2, -0.15) is 5.10 Å². The fourth-order valence-electron chi connectivity index (χ4n) is 6.59. The van der Waals surface area contributed by atoms with Gasteiger partial charge >= 0.3 is 0 Å². The maximum atomic E-state index is 14.2. The van der Waals surface area contributed by atoms with Crippen molar-refractivity contribution >= 4 is 34.8 Å². The molecule has 0 saturated heterocycles. The van der Waals surface area contributed by atoms with Crippen molar-refractivity contribution in [2.45, 2.75) is 44.9 Å². The number of benzene rings is 4. The first-order chi connectivity index (χ1) is 24.7. The van der Waals surface area contributed by atoms with E-state index in [9.17, 15) is 24.6 Å². The van der Waals surface area contributed by atoms with Gasteiger partial charge in [-0.3, -0.25) is 14.4 Å². The number of aliphatic hydroxyl groups excluding tert-OH is 1. The van der Waals surface area contributed by atoms with Crippen LogP contribution in [-0.4, -0.2) is 58.8 Å². The van der Waals surface area contributed by atoms with Crippen LogP contribution in [0.1, 0.15) is 48.4 Å². The molecule has 51 heavy (non-hydrogen) atoms. The molecule has 2 N–H and O–H groups in total. The molecule has 10 nitrogen and oxygen atoms in total. The molecule has 4 aromatic rings. The number of carbonyl (C=O) groups excluding carboxylic acids is 3. The summed E-state index contributed by atoms with van der Waals surface area (Å²) in [6.45, 7) is 2.32. The Morgan fingerprint density at radius 3 is 2.35 bits per heavy atom. The fourth-order valence-corrected chi connectivity index (χ4v) is 6.59. The maximum absolute atomic E-state index is 14.2. The van der Waals surface area contributed by atoms with Crippen LogP contribution in [0, 0.1) is 5.92 Å². The van der Waals surface area contributed by atoms with Crippen LogP contribution in [0.2, 0.25) is 0 Å². The molecule has 0 aromatic heterocycles. The monoisotopic (exact) mass is 686 g/mol. The summed E-state index contributed by atoms with van der Waals surface area (Å²) in [5, 5.41) is 27.8. The third-order valence-corrected chi connectivity index (χ3v) is 9.45. The number of aliphatic hydroxyl groups is 2. The molecule has 2 atom stereocenters. The Kier molecular flexibility index (Phi) is 10.7. The average molecular weight is 687 g/mol. The zero-order valence-corrected chi connectivity index (χ0v) is 28.8. The zero-order valence-electron chi connectivity index (χ0n) is 28.8. The van der Waals surface area contributed by atoms with Crippen LogP contribution in [0.15, 0.2) is 120 Å². The van der Waals surface area contributed by atoms with E-state index in [0.717, 1.165) is 22.4 Å². The van der Waals surface area contributed by atoms with Crippen LogP contribution < -0.4 is 14.6 Å². The molecule has 3 amide bonds. The highest BCUT2D eigenvalue weighted by Gasteiger charge is 2.52. The Hall–Kier alpha value is -5.58. The summed E-state index contributed by atoms with van der Waals surface area (Å²) in [6, 6.07) is 31.9. The van der Waals surface area contributed by atoms with E-state index in [2.05, 4.69) is 5.10 Å². The standard InChI is InChI=1S/C41H42N4O6/c1-29(10-9-15-38(47)43(24-25-46)27-30-11-5-3-6-12-30)41(50)35-26-34(51-2)20-22-37(35)44(40(41)49)28-31-16-18-33(19-17-31)45-39(48)23-21-36(42-45)32-13-7-4-8-14-32/h3-14,16-20,22,26,29,46,50H,15,21,23-25,27-28H2,1-2H3/b10-9+/t29-,41+/m1/s1.